The van der Waals surface area contributed by atoms with Gasteiger partial charge in [0.15, 0.2) is 5.95 Å². The molecule has 11 nitrogen and oxygen atoms in total. The van der Waals surface area contributed by atoms with E-state index in [2.05, 4.69) is 62.4 Å². The van der Waals surface area contributed by atoms with Gasteiger partial charge in [0.1, 0.15) is 11.4 Å². The van der Waals surface area contributed by atoms with Crippen LogP contribution in [0.2, 0.25) is 0 Å². The van der Waals surface area contributed by atoms with Crippen LogP contribution < -0.4 is 16.4 Å². The fourth-order valence-electron chi connectivity index (χ4n) is 4.37. The van der Waals surface area contributed by atoms with Gasteiger partial charge in [0.2, 0.25) is 0 Å². The lowest BCUT2D eigenvalue weighted by Crippen LogP contribution is -2.57. The molecule has 0 aromatic carbocycles. The highest BCUT2D eigenvalue weighted by Crippen LogP contribution is 2.51. The molecule has 174 valence electrons. The lowest BCUT2D eigenvalue weighted by Gasteiger charge is -2.49. The number of H-pyrrole nitrogens is 3. The minimum atomic E-state index is -0.995. The maximum atomic E-state index is 12.5. The molecular weight excluding hydrogens is 562 g/mol. The van der Waals surface area contributed by atoms with E-state index < -0.39 is 23.7 Å². The number of aliphatic carboxylic acids is 1. The molecular formula is C20H21Br2N7O4. The predicted molar refractivity (Wildman–Crippen MR) is 125 cm³/mol. The largest absolute Gasteiger partial charge is 0.481 e. The van der Waals surface area contributed by atoms with Crippen molar-refractivity contribution in [3.05, 3.63) is 56.8 Å². The number of nitrogen functional groups attached to an aromatic ring is 1. The number of rotatable bonds is 8. The van der Waals surface area contributed by atoms with Crippen molar-refractivity contribution in [2.75, 3.05) is 18.8 Å². The summed E-state index contributed by atoms with van der Waals surface area (Å²) in [6, 6.07) is 3.28. The summed E-state index contributed by atoms with van der Waals surface area (Å²) in [7, 11) is 0. The van der Waals surface area contributed by atoms with E-state index in [1.807, 2.05) is 0 Å². The molecule has 0 spiro atoms. The number of hydrogen-bond donors (Lipinski definition) is 7. The Morgan fingerprint density at radius 1 is 1.00 bits per heavy atom. The third-order valence-corrected chi connectivity index (χ3v) is 6.82. The molecule has 13 heteroatoms. The van der Waals surface area contributed by atoms with Gasteiger partial charge in [-0.15, -0.1) is 0 Å². The van der Waals surface area contributed by atoms with Gasteiger partial charge in [0.25, 0.3) is 11.8 Å². The van der Waals surface area contributed by atoms with E-state index in [1.54, 1.807) is 24.5 Å². The maximum absolute atomic E-state index is 12.5. The zero-order valence-corrected chi connectivity index (χ0v) is 20.2. The molecule has 0 unspecified atom stereocenters. The van der Waals surface area contributed by atoms with Crippen LogP contribution in [0, 0.1) is 17.8 Å². The summed E-state index contributed by atoms with van der Waals surface area (Å²) in [6.07, 6.45) is 4.79. The first-order chi connectivity index (χ1) is 15.7. The molecule has 8 N–H and O–H groups in total. The second-order valence-corrected chi connectivity index (χ2v) is 9.66. The number of nitrogens with zero attached hydrogens (tertiary/aromatic N) is 1. The Balaban J connectivity index is 1.51. The van der Waals surface area contributed by atoms with Crippen LogP contribution in [0.5, 0.6) is 0 Å². The number of carbonyl (C=O) groups is 3. The van der Waals surface area contributed by atoms with Crippen LogP contribution >= 0.6 is 31.9 Å². The number of carbonyl (C=O) groups excluding carboxylic acids is 2. The number of nitrogens with two attached hydrogens (primary N) is 1. The van der Waals surface area contributed by atoms with Crippen LogP contribution in [0.1, 0.15) is 32.6 Å². The van der Waals surface area contributed by atoms with E-state index in [4.69, 9.17) is 5.73 Å². The summed E-state index contributed by atoms with van der Waals surface area (Å²) in [5.41, 5.74) is 7.02. The van der Waals surface area contributed by atoms with E-state index >= 15 is 0 Å². The first kappa shape index (κ1) is 23.1. The van der Waals surface area contributed by atoms with Gasteiger partial charge in [0.05, 0.1) is 12.1 Å². The predicted octanol–water partition coefficient (Wildman–Crippen LogP) is 2.06. The molecule has 0 bridgehead atoms. The zero-order chi connectivity index (χ0) is 23.7. The fraction of sp³-hybridized carbons (Fsp3) is 0.300. The molecule has 1 aliphatic rings. The Kier molecular flexibility index (Phi) is 6.61. The van der Waals surface area contributed by atoms with Crippen molar-refractivity contribution in [3.8, 4) is 0 Å². The number of imidazole rings is 1. The monoisotopic (exact) mass is 581 g/mol. The van der Waals surface area contributed by atoms with Gasteiger partial charge in [-0.1, -0.05) is 0 Å². The number of halogens is 2. The summed E-state index contributed by atoms with van der Waals surface area (Å²) in [6.45, 7) is 0.332. The van der Waals surface area contributed by atoms with E-state index in [9.17, 15) is 19.5 Å². The summed E-state index contributed by atoms with van der Waals surface area (Å²) >= 11 is 6.57. The average molecular weight is 583 g/mol. The second kappa shape index (κ2) is 9.43. The zero-order valence-electron chi connectivity index (χ0n) is 17.1. The molecule has 3 heterocycles. The molecule has 4 rings (SSSR count). The van der Waals surface area contributed by atoms with Gasteiger partial charge in [-0.3, -0.25) is 14.4 Å². The van der Waals surface area contributed by atoms with Gasteiger partial charge in [-0.2, -0.15) is 0 Å². The van der Waals surface area contributed by atoms with Crippen LogP contribution in [0.3, 0.4) is 0 Å². The molecule has 3 aromatic heterocycles. The van der Waals surface area contributed by atoms with E-state index in [0.29, 0.717) is 17.1 Å². The van der Waals surface area contributed by atoms with Crippen LogP contribution in [-0.4, -0.2) is 55.9 Å². The summed E-state index contributed by atoms with van der Waals surface area (Å²) in [4.78, 5) is 49.7. The number of nitrogens with one attached hydrogen (secondary N) is 5. The SMILES string of the molecule is Nc1ncc([C@H]2[C@H](CNC(=O)c3cc(Br)c[nH]3)[C@@H](CNC(=O)c3cc(Br)c[nH]3)[C@@H]2C(=O)O)[nH]1. The minimum absolute atomic E-state index is 0.126. The number of aromatic nitrogens is 4. The molecule has 33 heavy (non-hydrogen) atoms. The average Bonchev–Trinajstić information content (AvgIpc) is 3.48. The topological polar surface area (TPSA) is 182 Å². The number of anilines is 1. The van der Waals surface area contributed by atoms with Gasteiger partial charge < -0.3 is 36.4 Å². The highest BCUT2D eigenvalue weighted by molar-refractivity contribution is 9.10. The van der Waals surface area contributed by atoms with Crippen molar-refractivity contribution in [2.45, 2.75) is 5.92 Å². The first-order valence-electron chi connectivity index (χ1n) is 10.0. The third-order valence-electron chi connectivity index (χ3n) is 5.90. The van der Waals surface area contributed by atoms with Crippen LogP contribution in [0.4, 0.5) is 5.95 Å². The third kappa shape index (κ3) is 4.83. The fourth-order valence-corrected chi connectivity index (χ4v) is 5.05. The second-order valence-electron chi connectivity index (χ2n) is 7.82. The standard InChI is InChI=1S/C20H21Br2N7O4/c21-8-1-12(24-3-8)17(30)26-5-10-11(6-27-18(31)13-2-9(22)4-25-13)16(19(32)33)15(10)14-7-28-20(23)29-14/h1-4,7,10-11,15-16,24-25H,5-6H2,(H,26,30)(H,27,31)(H,32,33)(H3,23,28,29)/t10-,11-,15-,16+/m1/s1. The normalized spacial score (nSPS) is 21.9. The van der Waals surface area contributed by atoms with Crippen molar-refractivity contribution >= 4 is 55.6 Å². The minimum Gasteiger partial charge on any atom is -0.481 e. The Bertz CT molecular complexity index is 1190. The Morgan fingerprint density at radius 2 is 1.55 bits per heavy atom. The van der Waals surface area contributed by atoms with Gasteiger partial charge in [-0.25, -0.2) is 4.98 Å². The van der Waals surface area contributed by atoms with Crippen molar-refractivity contribution < 1.29 is 19.5 Å². The van der Waals surface area contributed by atoms with Crippen molar-refractivity contribution in [3.63, 3.8) is 0 Å². The Labute approximate surface area is 204 Å². The van der Waals surface area contributed by atoms with Crippen molar-refractivity contribution in [2.24, 2.45) is 17.8 Å². The Morgan fingerprint density at radius 3 is 1.97 bits per heavy atom. The molecule has 1 aliphatic carbocycles. The van der Waals surface area contributed by atoms with Crippen LogP contribution in [-0.2, 0) is 4.79 Å². The highest BCUT2D eigenvalue weighted by atomic mass is 79.9. The number of hydrogen-bond acceptors (Lipinski definition) is 5. The van der Waals surface area contributed by atoms with Gasteiger partial charge in [0, 0.05) is 46.0 Å². The maximum Gasteiger partial charge on any atom is 0.307 e. The number of carboxylic acids is 1. The lowest BCUT2D eigenvalue weighted by atomic mass is 9.55. The smallest absolute Gasteiger partial charge is 0.307 e. The van der Waals surface area contributed by atoms with Crippen LogP contribution in [0.25, 0.3) is 0 Å². The van der Waals surface area contributed by atoms with E-state index in [0.717, 1.165) is 8.95 Å². The number of carboxylic acid groups (broad SMARTS) is 1. The summed E-state index contributed by atoms with van der Waals surface area (Å²) < 4.78 is 1.47. The number of amides is 2. The highest BCUT2D eigenvalue weighted by Gasteiger charge is 2.55. The molecule has 2 amide bonds. The van der Waals surface area contributed by atoms with E-state index in [-0.39, 0.29) is 36.8 Å². The quantitative estimate of drug-likeness (QED) is 0.213. The summed E-state index contributed by atoms with van der Waals surface area (Å²) in [5.74, 6) is -3.42. The van der Waals surface area contributed by atoms with E-state index in [1.165, 1.54) is 6.20 Å². The van der Waals surface area contributed by atoms with Crippen LogP contribution in [0.15, 0.2) is 39.7 Å². The van der Waals surface area contributed by atoms with Crippen molar-refractivity contribution in [1.82, 2.24) is 30.6 Å². The summed E-state index contributed by atoms with van der Waals surface area (Å²) in [5, 5.41) is 15.6. The Hall–Kier alpha value is -3.06. The molecule has 0 radical (unpaired) electrons. The lowest BCUT2D eigenvalue weighted by molar-refractivity contribution is -0.153. The molecule has 3 aromatic rings. The molecule has 1 saturated carbocycles. The molecule has 4 atom stereocenters. The van der Waals surface area contributed by atoms with Gasteiger partial charge >= 0.3 is 5.97 Å². The number of aromatic amines is 3. The first-order valence-corrected chi connectivity index (χ1v) is 11.6. The van der Waals surface area contributed by atoms with Crippen molar-refractivity contribution in [1.29, 1.82) is 0 Å². The molecule has 1 fully saturated rings. The molecule has 0 saturated heterocycles. The van der Waals surface area contributed by atoms with Gasteiger partial charge in [-0.05, 0) is 55.8 Å². The molecule has 0 aliphatic heterocycles.